The molecule has 0 unspecified atom stereocenters. The molecule has 4 rings (SSSR count). The molecule has 2 atom stereocenters. The van der Waals surface area contributed by atoms with E-state index in [1.54, 1.807) is 7.11 Å². The van der Waals surface area contributed by atoms with Gasteiger partial charge in [0.2, 0.25) is 0 Å². The van der Waals surface area contributed by atoms with Crippen LogP contribution in [0.4, 0.5) is 5.69 Å². The zero-order valence-electron chi connectivity index (χ0n) is 16.5. The summed E-state index contributed by atoms with van der Waals surface area (Å²) in [6.45, 7) is 4.29. The molecule has 0 saturated carbocycles. The van der Waals surface area contributed by atoms with Crippen LogP contribution in [0.5, 0.6) is 5.75 Å². The van der Waals surface area contributed by atoms with Gasteiger partial charge in [0.15, 0.2) is 5.11 Å². The molecule has 0 amide bonds. The molecule has 1 fully saturated rings. The quantitative estimate of drug-likeness (QED) is 0.673. The Labute approximate surface area is 171 Å². The first-order valence-corrected chi connectivity index (χ1v) is 9.69. The molecule has 1 N–H and O–H groups in total. The average molecular weight is 393 g/mol. The second-order valence-corrected chi connectivity index (χ2v) is 7.47. The first kappa shape index (κ1) is 18.5. The molecule has 3 aromatic rings. The molecule has 2 aromatic heterocycles. The van der Waals surface area contributed by atoms with E-state index in [1.807, 2.05) is 42.6 Å². The lowest BCUT2D eigenvalue weighted by molar-refractivity contribution is 0.415. The predicted molar refractivity (Wildman–Crippen MR) is 116 cm³/mol. The minimum Gasteiger partial charge on any atom is -0.497 e. The summed E-state index contributed by atoms with van der Waals surface area (Å²) < 4.78 is 7.54. The number of aryl methyl sites for hydroxylation is 1. The maximum Gasteiger partial charge on any atom is 0.174 e. The third-order valence-electron chi connectivity index (χ3n) is 5.58. The highest BCUT2D eigenvalue weighted by molar-refractivity contribution is 7.80. The first-order chi connectivity index (χ1) is 13.5. The van der Waals surface area contributed by atoms with Crippen molar-refractivity contribution in [3.8, 4) is 5.75 Å². The molecule has 1 saturated heterocycles. The zero-order valence-corrected chi connectivity index (χ0v) is 17.3. The molecule has 0 aliphatic carbocycles. The summed E-state index contributed by atoms with van der Waals surface area (Å²) >= 11 is 5.77. The summed E-state index contributed by atoms with van der Waals surface area (Å²) in [5.74, 6) is 0.825. The molecule has 3 heterocycles. The fraction of sp³-hybridized carbons (Fsp3) is 0.273. The van der Waals surface area contributed by atoms with Gasteiger partial charge in [-0.05, 0) is 74.1 Å². The van der Waals surface area contributed by atoms with Crippen LogP contribution in [0, 0.1) is 13.8 Å². The van der Waals surface area contributed by atoms with E-state index >= 15 is 0 Å². The highest BCUT2D eigenvalue weighted by Gasteiger charge is 2.42. The van der Waals surface area contributed by atoms with Gasteiger partial charge in [-0.1, -0.05) is 6.07 Å². The molecule has 28 heavy (non-hydrogen) atoms. The van der Waals surface area contributed by atoms with E-state index in [4.69, 9.17) is 17.0 Å². The lowest BCUT2D eigenvalue weighted by Gasteiger charge is -2.28. The van der Waals surface area contributed by atoms with Crippen molar-refractivity contribution in [3.05, 3.63) is 77.4 Å². The minimum atomic E-state index is -0.0312. The number of aromatic nitrogens is 2. The number of thiocarbonyl (C=S) groups is 1. The molecule has 6 heteroatoms. The predicted octanol–water partition coefficient (Wildman–Crippen LogP) is 4.22. The van der Waals surface area contributed by atoms with Gasteiger partial charge in [0.05, 0.1) is 24.9 Å². The molecule has 5 nitrogen and oxygen atoms in total. The summed E-state index contributed by atoms with van der Waals surface area (Å²) in [4.78, 5) is 6.80. The molecule has 1 aromatic carbocycles. The summed E-state index contributed by atoms with van der Waals surface area (Å²) in [7, 11) is 3.77. The fourth-order valence-corrected chi connectivity index (χ4v) is 4.22. The smallest absolute Gasteiger partial charge is 0.174 e. The first-order valence-electron chi connectivity index (χ1n) is 9.28. The van der Waals surface area contributed by atoms with Crippen LogP contribution in [0.2, 0.25) is 0 Å². The van der Waals surface area contributed by atoms with E-state index < -0.39 is 0 Å². The highest BCUT2D eigenvalue weighted by Crippen LogP contribution is 2.43. The van der Waals surface area contributed by atoms with E-state index in [-0.39, 0.29) is 12.1 Å². The lowest BCUT2D eigenvalue weighted by Crippen LogP contribution is -2.29. The van der Waals surface area contributed by atoms with Crippen molar-refractivity contribution in [2.45, 2.75) is 25.9 Å². The van der Waals surface area contributed by atoms with Crippen molar-refractivity contribution >= 4 is 23.0 Å². The van der Waals surface area contributed by atoms with E-state index in [2.05, 4.69) is 52.8 Å². The van der Waals surface area contributed by atoms with Crippen LogP contribution in [0.25, 0.3) is 0 Å². The number of pyridine rings is 1. The van der Waals surface area contributed by atoms with Gasteiger partial charge in [0.25, 0.3) is 0 Å². The van der Waals surface area contributed by atoms with Gasteiger partial charge < -0.3 is 19.5 Å². The van der Waals surface area contributed by atoms with Gasteiger partial charge in [-0.3, -0.25) is 4.98 Å². The number of benzene rings is 1. The summed E-state index contributed by atoms with van der Waals surface area (Å²) in [6, 6.07) is 16.3. The van der Waals surface area contributed by atoms with Gasteiger partial charge in [0, 0.05) is 30.3 Å². The molecule has 1 aliphatic rings. The number of nitrogens with one attached hydrogen (secondary N) is 1. The van der Waals surface area contributed by atoms with E-state index in [9.17, 15) is 0 Å². The van der Waals surface area contributed by atoms with Crippen LogP contribution >= 0.6 is 12.2 Å². The maximum absolute atomic E-state index is 5.77. The number of hydrogen-bond donors (Lipinski definition) is 1. The number of ether oxygens (including phenoxy) is 1. The van der Waals surface area contributed by atoms with Gasteiger partial charge in [-0.25, -0.2) is 0 Å². The maximum atomic E-state index is 5.77. The summed E-state index contributed by atoms with van der Waals surface area (Å²) in [5, 5.41) is 4.21. The monoisotopic (exact) mass is 392 g/mol. The second-order valence-electron chi connectivity index (χ2n) is 7.08. The van der Waals surface area contributed by atoms with Crippen LogP contribution < -0.4 is 15.0 Å². The second kappa shape index (κ2) is 7.28. The van der Waals surface area contributed by atoms with Gasteiger partial charge in [0.1, 0.15) is 5.75 Å². The van der Waals surface area contributed by atoms with Crippen LogP contribution in [0.3, 0.4) is 0 Å². The third-order valence-corrected chi connectivity index (χ3v) is 5.90. The largest absolute Gasteiger partial charge is 0.497 e. The number of rotatable bonds is 4. The van der Waals surface area contributed by atoms with Crippen molar-refractivity contribution in [2.24, 2.45) is 7.05 Å². The highest BCUT2D eigenvalue weighted by atomic mass is 32.1. The Morgan fingerprint density at radius 2 is 1.86 bits per heavy atom. The number of hydrogen-bond acceptors (Lipinski definition) is 3. The Bertz CT molecular complexity index is 997. The molecular formula is C22H24N4OS. The average Bonchev–Trinajstić information content (AvgIpc) is 3.20. The van der Waals surface area contributed by atoms with Crippen molar-refractivity contribution in [3.63, 3.8) is 0 Å². The van der Waals surface area contributed by atoms with Crippen molar-refractivity contribution < 1.29 is 4.74 Å². The standard InChI is InChI=1S/C22H24N4OS/c1-14-13-18(15(2)25(14)3)21-20(19-7-5-6-12-23-19)24-22(28)26(21)16-8-10-17(27-4)11-9-16/h5-13,20-21H,1-4H3,(H,24,28)/t20-,21+/m1/s1. The molecule has 0 spiro atoms. The van der Waals surface area contributed by atoms with Crippen LogP contribution in [-0.4, -0.2) is 21.8 Å². The summed E-state index contributed by atoms with van der Waals surface area (Å²) in [5.41, 5.74) is 5.71. The van der Waals surface area contributed by atoms with E-state index in [0.717, 1.165) is 17.1 Å². The zero-order chi connectivity index (χ0) is 19.8. The van der Waals surface area contributed by atoms with Gasteiger partial charge in [-0.15, -0.1) is 0 Å². The Morgan fingerprint density at radius 3 is 2.43 bits per heavy atom. The number of anilines is 1. The SMILES string of the molecule is COc1ccc(N2C(=S)N[C@H](c3ccccn3)[C@@H]2c2cc(C)n(C)c2C)cc1. The Kier molecular flexibility index (Phi) is 4.81. The van der Waals surface area contributed by atoms with Crippen molar-refractivity contribution in [2.75, 3.05) is 12.0 Å². The molecule has 0 radical (unpaired) electrons. The van der Waals surface area contributed by atoms with Crippen LogP contribution in [0.15, 0.2) is 54.7 Å². The van der Waals surface area contributed by atoms with Crippen LogP contribution in [0.1, 0.15) is 34.7 Å². The fourth-order valence-electron chi connectivity index (χ4n) is 3.88. The topological polar surface area (TPSA) is 42.3 Å². The normalized spacial score (nSPS) is 19.0. The van der Waals surface area contributed by atoms with Crippen LogP contribution in [-0.2, 0) is 7.05 Å². The van der Waals surface area contributed by atoms with E-state index in [1.165, 1.54) is 17.0 Å². The van der Waals surface area contributed by atoms with Gasteiger partial charge >= 0.3 is 0 Å². The lowest BCUT2D eigenvalue weighted by atomic mass is 9.96. The molecule has 144 valence electrons. The third kappa shape index (κ3) is 3.03. The molecule has 1 aliphatic heterocycles. The van der Waals surface area contributed by atoms with Crippen molar-refractivity contribution in [1.29, 1.82) is 0 Å². The van der Waals surface area contributed by atoms with E-state index in [0.29, 0.717) is 5.11 Å². The molecule has 0 bridgehead atoms. The number of nitrogens with zero attached hydrogens (tertiary/aromatic N) is 3. The van der Waals surface area contributed by atoms with Gasteiger partial charge in [-0.2, -0.15) is 0 Å². The number of methoxy groups -OCH3 is 1. The Morgan fingerprint density at radius 1 is 1.11 bits per heavy atom. The summed E-state index contributed by atoms with van der Waals surface area (Å²) in [6.07, 6.45) is 1.83. The minimum absolute atomic E-state index is 0.00990. The van der Waals surface area contributed by atoms with Crippen molar-refractivity contribution in [1.82, 2.24) is 14.9 Å². The Balaban J connectivity index is 1.85. The Hall–Kier alpha value is -2.86. The molecular weight excluding hydrogens is 368 g/mol.